The van der Waals surface area contributed by atoms with Crippen LogP contribution in [-0.2, 0) is 11.2 Å². The van der Waals surface area contributed by atoms with E-state index in [4.69, 9.17) is 4.74 Å². The van der Waals surface area contributed by atoms with Crippen LogP contribution < -0.4 is 0 Å². The summed E-state index contributed by atoms with van der Waals surface area (Å²) in [4.78, 5) is 24.3. The number of cyclic esters (lactones) is 1. The summed E-state index contributed by atoms with van der Waals surface area (Å²) in [5.41, 5.74) is 3.27. The lowest BCUT2D eigenvalue weighted by molar-refractivity contribution is 0.0367. The van der Waals surface area contributed by atoms with Crippen LogP contribution in [0, 0.1) is 5.92 Å². The number of carbonyl (C=O) groups is 2. The van der Waals surface area contributed by atoms with E-state index >= 15 is 0 Å². The van der Waals surface area contributed by atoms with E-state index < -0.39 is 6.10 Å². The second-order valence-corrected chi connectivity index (χ2v) is 6.40. The van der Waals surface area contributed by atoms with E-state index in [1.54, 1.807) is 12.1 Å². The van der Waals surface area contributed by atoms with Crippen LogP contribution in [0.4, 0.5) is 0 Å². The number of esters is 1. The molecule has 0 saturated carbocycles. The molecule has 3 nitrogen and oxygen atoms in total. The van der Waals surface area contributed by atoms with Gasteiger partial charge < -0.3 is 4.74 Å². The topological polar surface area (TPSA) is 43.4 Å². The highest BCUT2D eigenvalue weighted by molar-refractivity contribution is 5.99. The Balaban J connectivity index is 1.72. The van der Waals surface area contributed by atoms with Gasteiger partial charge in [-0.15, -0.1) is 0 Å². The van der Waals surface area contributed by atoms with Crippen molar-refractivity contribution in [3.8, 4) is 0 Å². The molecule has 0 fully saturated rings. The van der Waals surface area contributed by atoms with Gasteiger partial charge in [-0.1, -0.05) is 56.3 Å². The van der Waals surface area contributed by atoms with Gasteiger partial charge in [0.05, 0.1) is 12.0 Å². The van der Waals surface area contributed by atoms with Gasteiger partial charge in [0.1, 0.15) is 6.10 Å². The van der Waals surface area contributed by atoms with Crippen molar-refractivity contribution in [1.29, 1.82) is 0 Å². The molecule has 0 amide bonds. The first-order chi connectivity index (χ1) is 11.0. The summed E-state index contributed by atoms with van der Waals surface area (Å²) in [6, 6.07) is 15.0. The van der Waals surface area contributed by atoms with Gasteiger partial charge in [0.15, 0.2) is 5.78 Å². The lowest BCUT2D eigenvalue weighted by atomic mass is 9.97. The second-order valence-electron chi connectivity index (χ2n) is 6.40. The number of rotatable bonds is 5. The Morgan fingerprint density at radius 3 is 2.48 bits per heavy atom. The van der Waals surface area contributed by atoms with Crippen LogP contribution in [0.3, 0.4) is 0 Å². The van der Waals surface area contributed by atoms with Gasteiger partial charge in [-0.05, 0) is 24.0 Å². The number of hydrogen-bond acceptors (Lipinski definition) is 3. The number of fused-ring (bicyclic) bond motifs is 1. The van der Waals surface area contributed by atoms with Gasteiger partial charge in [0.25, 0.3) is 0 Å². The van der Waals surface area contributed by atoms with E-state index in [0.717, 1.165) is 12.0 Å². The standard InChI is InChI=1S/C20H20O3/c1-13(2)11-14-7-9-15(10-8-14)18(21)12-19-16-5-3-4-6-17(16)20(22)23-19/h3-10,13,19H,11-12H2,1-2H3. The molecule has 0 spiro atoms. The Kier molecular flexibility index (Phi) is 4.28. The van der Waals surface area contributed by atoms with E-state index in [-0.39, 0.29) is 18.2 Å². The Labute approximate surface area is 136 Å². The van der Waals surface area contributed by atoms with Crippen LogP contribution in [-0.4, -0.2) is 11.8 Å². The number of ketones is 1. The van der Waals surface area contributed by atoms with Gasteiger partial charge in [0.2, 0.25) is 0 Å². The van der Waals surface area contributed by atoms with Crippen molar-refractivity contribution >= 4 is 11.8 Å². The third-order valence-corrected chi connectivity index (χ3v) is 4.07. The Bertz CT molecular complexity index is 729. The van der Waals surface area contributed by atoms with Crippen molar-refractivity contribution < 1.29 is 14.3 Å². The van der Waals surface area contributed by atoms with Crippen molar-refractivity contribution in [2.75, 3.05) is 0 Å². The van der Waals surface area contributed by atoms with Crippen LogP contribution in [0.2, 0.25) is 0 Å². The van der Waals surface area contributed by atoms with Crippen molar-refractivity contribution in [3.63, 3.8) is 0 Å². The predicted molar refractivity (Wildman–Crippen MR) is 88.5 cm³/mol. The molecule has 1 aliphatic heterocycles. The third-order valence-electron chi connectivity index (χ3n) is 4.07. The Hall–Kier alpha value is -2.42. The van der Waals surface area contributed by atoms with Crippen molar-refractivity contribution in [2.45, 2.75) is 32.8 Å². The number of Topliss-reactive ketones (excluding diaryl/α,β-unsaturated/α-hetero) is 1. The van der Waals surface area contributed by atoms with Crippen LogP contribution in [0.15, 0.2) is 48.5 Å². The van der Waals surface area contributed by atoms with E-state index in [1.165, 1.54) is 5.56 Å². The number of ether oxygens (including phenoxy) is 1. The summed E-state index contributed by atoms with van der Waals surface area (Å²) >= 11 is 0. The zero-order valence-corrected chi connectivity index (χ0v) is 13.4. The number of carbonyl (C=O) groups excluding carboxylic acids is 2. The molecule has 0 saturated heterocycles. The molecule has 0 N–H and O–H groups in total. The molecule has 1 heterocycles. The molecule has 3 heteroatoms. The summed E-state index contributed by atoms with van der Waals surface area (Å²) in [5.74, 6) is 0.243. The van der Waals surface area contributed by atoms with E-state index in [2.05, 4.69) is 13.8 Å². The molecule has 0 radical (unpaired) electrons. The Morgan fingerprint density at radius 2 is 1.78 bits per heavy atom. The lowest BCUT2D eigenvalue weighted by Crippen LogP contribution is -2.08. The van der Waals surface area contributed by atoms with Gasteiger partial charge in [-0.25, -0.2) is 4.79 Å². The molecule has 0 bridgehead atoms. The molecule has 1 unspecified atom stereocenters. The molecule has 118 valence electrons. The van der Waals surface area contributed by atoms with Gasteiger partial charge >= 0.3 is 5.97 Å². The molecule has 1 aliphatic rings. The normalized spacial score (nSPS) is 16.3. The highest BCUT2D eigenvalue weighted by atomic mass is 16.5. The van der Waals surface area contributed by atoms with Crippen molar-refractivity contribution in [2.24, 2.45) is 5.92 Å². The van der Waals surface area contributed by atoms with E-state index in [0.29, 0.717) is 17.0 Å². The molecular weight excluding hydrogens is 288 g/mol. The summed E-state index contributed by atoms with van der Waals surface area (Å²) in [7, 11) is 0. The first-order valence-corrected chi connectivity index (χ1v) is 7.96. The summed E-state index contributed by atoms with van der Waals surface area (Å²) in [6.07, 6.45) is 0.718. The minimum Gasteiger partial charge on any atom is -0.453 e. The zero-order valence-electron chi connectivity index (χ0n) is 13.4. The fourth-order valence-corrected chi connectivity index (χ4v) is 2.96. The third kappa shape index (κ3) is 3.34. The van der Waals surface area contributed by atoms with Gasteiger partial charge in [0, 0.05) is 11.1 Å². The van der Waals surface area contributed by atoms with Crippen LogP contribution in [0.1, 0.15) is 58.2 Å². The molecule has 23 heavy (non-hydrogen) atoms. The SMILES string of the molecule is CC(C)Cc1ccc(C(=O)CC2OC(=O)c3ccccc32)cc1. The van der Waals surface area contributed by atoms with Crippen LogP contribution >= 0.6 is 0 Å². The average molecular weight is 308 g/mol. The molecule has 0 aromatic heterocycles. The lowest BCUT2D eigenvalue weighted by Gasteiger charge is -2.10. The monoisotopic (exact) mass is 308 g/mol. The van der Waals surface area contributed by atoms with Crippen molar-refractivity contribution in [3.05, 3.63) is 70.8 Å². The van der Waals surface area contributed by atoms with Crippen LogP contribution in [0.25, 0.3) is 0 Å². The molecule has 1 atom stereocenters. The first kappa shape index (κ1) is 15.5. The average Bonchev–Trinajstić information content (AvgIpc) is 2.84. The van der Waals surface area contributed by atoms with Crippen LogP contribution in [0.5, 0.6) is 0 Å². The Morgan fingerprint density at radius 1 is 1.09 bits per heavy atom. The molecular formula is C20H20O3. The zero-order chi connectivity index (χ0) is 16.4. The molecule has 3 rings (SSSR count). The quantitative estimate of drug-likeness (QED) is 0.608. The molecule has 2 aromatic carbocycles. The summed E-state index contributed by atoms with van der Waals surface area (Å²) in [5, 5.41) is 0. The number of benzene rings is 2. The van der Waals surface area contributed by atoms with Gasteiger partial charge in [-0.3, -0.25) is 4.79 Å². The predicted octanol–water partition coefficient (Wildman–Crippen LogP) is 4.37. The highest BCUT2D eigenvalue weighted by Crippen LogP contribution is 2.33. The number of hydrogen-bond donors (Lipinski definition) is 0. The maximum atomic E-state index is 12.5. The molecule has 2 aromatic rings. The smallest absolute Gasteiger partial charge is 0.339 e. The molecule has 0 aliphatic carbocycles. The minimum absolute atomic E-state index is 0.00407. The van der Waals surface area contributed by atoms with Gasteiger partial charge in [-0.2, -0.15) is 0 Å². The maximum absolute atomic E-state index is 12.5. The highest BCUT2D eigenvalue weighted by Gasteiger charge is 2.32. The van der Waals surface area contributed by atoms with E-state index in [1.807, 2.05) is 36.4 Å². The first-order valence-electron chi connectivity index (χ1n) is 7.96. The summed E-state index contributed by atoms with van der Waals surface area (Å²) in [6.45, 7) is 4.34. The van der Waals surface area contributed by atoms with E-state index in [9.17, 15) is 9.59 Å². The largest absolute Gasteiger partial charge is 0.453 e. The fourth-order valence-electron chi connectivity index (χ4n) is 2.96. The fraction of sp³-hybridized carbons (Fsp3) is 0.300. The minimum atomic E-state index is -0.471. The summed E-state index contributed by atoms with van der Waals surface area (Å²) < 4.78 is 5.34. The van der Waals surface area contributed by atoms with Crippen molar-refractivity contribution in [1.82, 2.24) is 0 Å². The second kappa shape index (κ2) is 6.37. The maximum Gasteiger partial charge on any atom is 0.339 e.